The maximum atomic E-state index is 12.1. The van der Waals surface area contributed by atoms with Crippen LogP contribution < -0.4 is 4.72 Å². The lowest BCUT2D eigenvalue weighted by molar-refractivity contribution is 0.0687. The van der Waals surface area contributed by atoms with Gasteiger partial charge in [-0.15, -0.1) is 11.3 Å². The van der Waals surface area contributed by atoms with E-state index in [2.05, 4.69) is 30.6 Å². The molecule has 2 aromatic heterocycles. The smallest absolute Gasteiger partial charge is 0.356 e. The fourth-order valence-electron chi connectivity index (χ4n) is 1.25. The van der Waals surface area contributed by atoms with Crippen molar-refractivity contribution in [3.8, 4) is 0 Å². The van der Waals surface area contributed by atoms with Gasteiger partial charge in [0.15, 0.2) is 15.1 Å². The molecular formula is C9H5BrClN3O4S2. The van der Waals surface area contributed by atoms with E-state index in [0.717, 1.165) is 5.51 Å². The summed E-state index contributed by atoms with van der Waals surface area (Å²) in [5, 5.41) is 8.83. The summed E-state index contributed by atoms with van der Waals surface area (Å²) in [6.45, 7) is 0. The zero-order valence-electron chi connectivity index (χ0n) is 9.37. The third kappa shape index (κ3) is 3.08. The van der Waals surface area contributed by atoms with Crippen molar-refractivity contribution in [1.29, 1.82) is 0 Å². The summed E-state index contributed by atoms with van der Waals surface area (Å²) in [6, 6.07) is 1.41. The second-order valence-electron chi connectivity index (χ2n) is 3.39. The first-order valence-electron chi connectivity index (χ1n) is 4.82. The molecule has 11 heteroatoms. The monoisotopic (exact) mass is 397 g/mol. The highest BCUT2D eigenvalue weighted by atomic mass is 79.9. The van der Waals surface area contributed by atoms with Crippen LogP contribution in [0, 0.1) is 0 Å². The Hall–Kier alpha value is -1.23. The molecule has 0 aliphatic rings. The Morgan fingerprint density at radius 2 is 2.15 bits per heavy atom. The van der Waals surface area contributed by atoms with Crippen molar-refractivity contribution < 1.29 is 18.3 Å². The van der Waals surface area contributed by atoms with Crippen molar-refractivity contribution in [1.82, 2.24) is 9.97 Å². The highest BCUT2D eigenvalue weighted by Crippen LogP contribution is 2.28. The largest absolute Gasteiger partial charge is 0.476 e. The number of carbonyl (C=O) groups is 1. The first-order chi connectivity index (χ1) is 9.31. The average molecular weight is 399 g/mol. The summed E-state index contributed by atoms with van der Waals surface area (Å²) in [5.74, 6) is -1.43. The normalized spacial score (nSPS) is 11.3. The predicted octanol–water partition coefficient (Wildman–Crippen LogP) is 2.45. The molecule has 0 unspecified atom stereocenters. The minimum atomic E-state index is -4.11. The highest BCUT2D eigenvalue weighted by Gasteiger charge is 2.26. The van der Waals surface area contributed by atoms with E-state index in [1.54, 1.807) is 0 Å². The number of anilines is 1. The van der Waals surface area contributed by atoms with Gasteiger partial charge in [-0.25, -0.2) is 23.2 Å². The third-order valence-electron chi connectivity index (χ3n) is 2.03. The molecule has 0 aliphatic carbocycles. The second kappa shape index (κ2) is 5.64. The maximum Gasteiger partial charge on any atom is 0.356 e. The molecule has 0 atom stereocenters. The Kier molecular flexibility index (Phi) is 4.28. The van der Waals surface area contributed by atoms with E-state index in [1.807, 2.05) is 0 Å². The van der Waals surface area contributed by atoms with Crippen LogP contribution in [0.1, 0.15) is 10.5 Å². The number of hydrogen-bond acceptors (Lipinski definition) is 6. The molecular weight excluding hydrogens is 394 g/mol. The van der Waals surface area contributed by atoms with Gasteiger partial charge in [0.1, 0.15) is 0 Å². The SMILES string of the molecule is O=C(O)c1ncsc1S(=O)(=O)Nc1cc(Br)cnc1Cl. The van der Waals surface area contributed by atoms with E-state index in [1.165, 1.54) is 12.3 Å². The molecule has 0 amide bonds. The number of rotatable bonds is 4. The lowest BCUT2D eigenvalue weighted by atomic mass is 10.4. The van der Waals surface area contributed by atoms with Gasteiger partial charge in [0.2, 0.25) is 0 Å². The Bertz CT molecular complexity index is 777. The van der Waals surface area contributed by atoms with Crippen LogP contribution in [-0.4, -0.2) is 29.5 Å². The van der Waals surface area contributed by atoms with Gasteiger partial charge in [-0.05, 0) is 22.0 Å². The van der Waals surface area contributed by atoms with Crippen molar-refractivity contribution in [2.24, 2.45) is 0 Å². The van der Waals surface area contributed by atoms with Crippen LogP contribution in [0.25, 0.3) is 0 Å². The highest BCUT2D eigenvalue weighted by molar-refractivity contribution is 9.10. The van der Waals surface area contributed by atoms with Gasteiger partial charge in [0.25, 0.3) is 10.0 Å². The minimum absolute atomic E-state index is 0.0331. The molecule has 2 N–H and O–H groups in total. The van der Waals surface area contributed by atoms with E-state index in [-0.39, 0.29) is 10.8 Å². The first-order valence-corrected chi connectivity index (χ1v) is 8.35. The van der Waals surface area contributed by atoms with Gasteiger partial charge in [-0.2, -0.15) is 0 Å². The molecule has 0 spiro atoms. The van der Waals surface area contributed by atoms with Gasteiger partial charge in [-0.3, -0.25) is 4.72 Å². The Morgan fingerprint density at radius 1 is 1.45 bits per heavy atom. The van der Waals surface area contributed by atoms with Crippen molar-refractivity contribution in [2.45, 2.75) is 4.21 Å². The molecule has 0 radical (unpaired) electrons. The fourth-order valence-corrected chi connectivity index (χ4v) is 3.99. The number of nitrogens with zero attached hydrogens (tertiary/aromatic N) is 2. The fraction of sp³-hybridized carbons (Fsp3) is 0. The number of sulfonamides is 1. The number of halogens is 2. The van der Waals surface area contributed by atoms with Crippen LogP contribution in [-0.2, 0) is 10.0 Å². The number of aromatic nitrogens is 2. The summed E-state index contributed by atoms with van der Waals surface area (Å²) >= 11 is 9.61. The average Bonchev–Trinajstić information content (AvgIpc) is 2.83. The van der Waals surface area contributed by atoms with E-state index < -0.39 is 25.9 Å². The molecule has 0 fully saturated rings. The summed E-state index contributed by atoms with van der Waals surface area (Å²) in [4.78, 5) is 18.2. The van der Waals surface area contributed by atoms with Crippen molar-refractivity contribution in [2.75, 3.05) is 4.72 Å². The molecule has 2 rings (SSSR count). The summed E-state index contributed by atoms with van der Waals surface area (Å²) < 4.78 is 26.6. The molecule has 0 saturated heterocycles. The summed E-state index contributed by atoms with van der Waals surface area (Å²) in [5.41, 5.74) is 0.631. The van der Waals surface area contributed by atoms with Crippen molar-refractivity contribution in [3.05, 3.63) is 33.1 Å². The number of hydrogen-bond donors (Lipinski definition) is 2. The van der Waals surface area contributed by atoms with Crippen LogP contribution >= 0.6 is 38.9 Å². The molecule has 0 aliphatic heterocycles. The lowest BCUT2D eigenvalue weighted by Gasteiger charge is -2.08. The van der Waals surface area contributed by atoms with Gasteiger partial charge in [-0.1, -0.05) is 11.6 Å². The molecule has 2 heterocycles. The molecule has 2 aromatic rings. The molecule has 106 valence electrons. The van der Waals surface area contributed by atoms with Gasteiger partial charge in [0.05, 0.1) is 11.2 Å². The minimum Gasteiger partial charge on any atom is -0.476 e. The zero-order chi connectivity index (χ0) is 14.9. The summed E-state index contributed by atoms with van der Waals surface area (Å²) in [7, 11) is -4.11. The molecule has 0 aromatic carbocycles. The standard InChI is InChI=1S/C9H5BrClN3O4S2/c10-4-1-5(7(11)12-2-4)14-20(17,18)9-6(8(15)16)13-3-19-9/h1-3,14H,(H,15,16). The molecule has 0 saturated carbocycles. The van der Waals surface area contributed by atoms with Gasteiger partial charge < -0.3 is 5.11 Å². The Labute approximate surface area is 130 Å². The Balaban J connectivity index is 2.44. The van der Waals surface area contributed by atoms with Crippen molar-refractivity contribution in [3.63, 3.8) is 0 Å². The topological polar surface area (TPSA) is 109 Å². The van der Waals surface area contributed by atoms with E-state index >= 15 is 0 Å². The van der Waals surface area contributed by atoms with E-state index in [0.29, 0.717) is 15.8 Å². The number of thiazole rings is 1. The number of aromatic carboxylic acids is 1. The Morgan fingerprint density at radius 3 is 2.80 bits per heavy atom. The van der Waals surface area contributed by atoms with Crippen LogP contribution in [0.4, 0.5) is 5.69 Å². The van der Waals surface area contributed by atoms with Crippen molar-refractivity contribution >= 4 is 60.5 Å². The summed E-state index contributed by atoms with van der Waals surface area (Å²) in [6.07, 6.45) is 1.40. The van der Waals surface area contributed by atoms with Crippen LogP contribution in [0.15, 0.2) is 26.5 Å². The maximum absolute atomic E-state index is 12.1. The second-order valence-corrected chi connectivity index (χ2v) is 7.40. The first kappa shape index (κ1) is 15.2. The molecule has 7 nitrogen and oxygen atoms in total. The predicted molar refractivity (Wildman–Crippen MR) is 76.8 cm³/mol. The quantitative estimate of drug-likeness (QED) is 0.766. The molecule has 20 heavy (non-hydrogen) atoms. The van der Waals surface area contributed by atoms with Gasteiger partial charge in [0, 0.05) is 10.7 Å². The lowest BCUT2D eigenvalue weighted by Crippen LogP contribution is -2.15. The number of nitrogens with one attached hydrogen (secondary N) is 1. The number of carboxylic acids is 1. The van der Waals surface area contributed by atoms with Crippen LogP contribution in [0.2, 0.25) is 5.15 Å². The van der Waals surface area contributed by atoms with E-state index in [9.17, 15) is 13.2 Å². The number of carboxylic acid groups (broad SMARTS) is 1. The zero-order valence-corrected chi connectivity index (χ0v) is 13.3. The third-order valence-corrected chi connectivity index (χ3v) is 5.50. The van der Waals surface area contributed by atoms with Crippen LogP contribution in [0.5, 0.6) is 0 Å². The van der Waals surface area contributed by atoms with E-state index in [4.69, 9.17) is 16.7 Å². The molecule has 0 bridgehead atoms. The van der Waals surface area contributed by atoms with Crippen LogP contribution in [0.3, 0.4) is 0 Å². The van der Waals surface area contributed by atoms with Gasteiger partial charge >= 0.3 is 5.97 Å². The number of pyridine rings is 1.